The van der Waals surface area contributed by atoms with Crippen molar-refractivity contribution >= 4 is 80.4 Å². The van der Waals surface area contributed by atoms with E-state index < -0.39 is 35.8 Å². The van der Waals surface area contributed by atoms with E-state index in [-0.39, 0.29) is 34.0 Å². The molecule has 0 saturated carbocycles. The number of imidazole rings is 2. The first kappa shape index (κ1) is 53.8. The summed E-state index contributed by atoms with van der Waals surface area (Å²) in [7, 11) is 3.82. The van der Waals surface area contributed by atoms with Gasteiger partial charge in [0, 0.05) is 25.5 Å². The van der Waals surface area contributed by atoms with Crippen molar-refractivity contribution in [2.24, 2.45) is 14.1 Å². The Morgan fingerprint density at radius 1 is 0.500 bits per heavy atom. The van der Waals surface area contributed by atoms with E-state index in [2.05, 4.69) is 10.6 Å². The largest absolute Gasteiger partial charge is 0.478 e. The molecule has 0 unspecified atom stereocenters. The van der Waals surface area contributed by atoms with Crippen LogP contribution in [0.1, 0.15) is 117 Å². The number of hydrogen-bond acceptors (Lipinski definition) is 8. The highest BCUT2D eigenvalue weighted by Crippen LogP contribution is 2.29. The van der Waals surface area contributed by atoms with E-state index in [0.29, 0.717) is 48.8 Å². The van der Waals surface area contributed by atoms with Gasteiger partial charge >= 0.3 is 11.9 Å². The van der Waals surface area contributed by atoms with Crippen LogP contribution in [0.2, 0.25) is 0 Å². The summed E-state index contributed by atoms with van der Waals surface area (Å²) in [4.78, 5) is 60.7. The molecule has 6 aromatic carbocycles. The van der Waals surface area contributed by atoms with Crippen molar-refractivity contribution < 1.29 is 29.4 Å². The molecule has 0 spiro atoms. The van der Waals surface area contributed by atoms with E-state index in [4.69, 9.17) is 44.0 Å². The standard InChI is InChI=1S/2C29H29ClN4O3/c1-34-26-14-8-7-12-24(26)32-27(34)25(13-6-5-11-21(31)18-30)33-28(35)23-17-20(15-16-22(23)29(36)37)19-9-3-2-4-10-19;1-34-26-14-8-7-12-24(26)32-27(34)25(13-6-5-11-21(31)18-30)33-28(35)22-16-15-20(17-23(22)29(36)37)19-9-3-2-4-10-19/h2*2-4,7-10,12,14-17,25,31H,5-6,11,13,18H2,1H3,(H,33,35)(H,36,37)/t2*25-/m00/s1. The van der Waals surface area contributed by atoms with E-state index in [1.54, 1.807) is 24.3 Å². The number of amides is 2. The smallest absolute Gasteiger partial charge is 0.336 e. The number of aromatic nitrogens is 4. The molecule has 0 saturated heterocycles. The molecule has 0 bridgehead atoms. The quantitative estimate of drug-likeness (QED) is 0.0218. The highest BCUT2D eigenvalue weighted by Gasteiger charge is 2.27. The van der Waals surface area contributed by atoms with Crippen molar-refractivity contribution in [3.63, 3.8) is 0 Å². The van der Waals surface area contributed by atoms with E-state index in [0.717, 1.165) is 70.0 Å². The third kappa shape index (κ3) is 13.4. The molecular weight excluding hydrogens is 976 g/mol. The van der Waals surface area contributed by atoms with Gasteiger partial charge < -0.3 is 40.8 Å². The second-order valence-electron chi connectivity index (χ2n) is 17.9. The summed E-state index contributed by atoms with van der Waals surface area (Å²) in [6.07, 6.45) is 5.35. The topological polar surface area (TPSA) is 216 Å². The predicted octanol–water partition coefficient (Wildman–Crippen LogP) is 12.5. The summed E-state index contributed by atoms with van der Waals surface area (Å²) in [6.45, 7) is 0. The number of nitrogens with zero attached hydrogens (tertiary/aromatic N) is 4. The lowest BCUT2D eigenvalue weighted by Crippen LogP contribution is -2.31. The molecule has 2 aromatic heterocycles. The minimum absolute atomic E-state index is 0.0573. The summed E-state index contributed by atoms with van der Waals surface area (Å²) in [6, 6.07) is 43.2. The van der Waals surface area contributed by atoms with Gasteiger partial charge in [0.2, 0.25) is 0 Å². The van der Waals surface area contributed by atoms with Gasteiger partial charge in [0.25, 0.3) is 11.8 Å². The monoisotopic (exact) mass is 1030 g/mol. The summed E-state index contributed by atoms with van der Waals surface area (Å²) in [5.41, 5.74) is 7.82. The van der Waals surface area contributed by atoms with Crippen LogP contribution < -0.4 is 10.6 Å². The molecule has 8 rings (SSSR count). The highest BCUT2D eigenvalue weighted by atomic mass is 35.5. The lowest BCUT2D eigenvalue weighted by molar-refractivity contribution is 0.0682. The molecule has 0 fully saturated rings. The molecule has 0 radical (unpaired) electrons. The molecule has 2 atom stereocenters. The Kier molecular flexibility index (Phi) is 18.7. The maximum atomic E-state index is 13.6. The van der Waals surface area contributed by atoms with Gasteiger partial charge in [0.15, 0.2) is 0 Å². The van der Waals surface area contributed by atoms with Crippen LogP contribution in [0.3, 0.4) is 0 Å². The fourth-order valence-corrected chi connectivity index (χ4v) is 9.19. The van der Waals surface area contributed by atoms with E-state index in [1.807, 2.05) is 132 Å². The number of benzene rings is 6. The minimum atomic E-state index is -1.17. The number of unbranched alkanes of at least 4 members (excludes halogenated alkanes) is 2. The molecule has 0 aliphatic carbocycles. The molecule has 0 aliphatic heterocycles. The molecule has 6 N–H and O–H groups in total. The summed E-state index contributed by atoms with van der Waals surface area (Å²) >= 11 is 11.5. The number of carboxylic acid groups (broad SMARTS) is 2. The van der Waals surface area contributed by atoms with E-state index >= 15 is 0 Å². The van der Waals surface area contributed by atoms with Crippen LogP contribution in [-0.4, -0.2) is 76.3 Å². The average molecular weight is 1030 g/mol. The number of rotatable bonds is 22. The van der Waals surface area contributed by atoms with Crippen LogP contribution >= 0.6 is 23.2 Å². The molecule has 74 heavy (non-hydrogen) atoms. The Bertz CT molecular complexity index is 3300. The molecule has 380 valence electrons. The number of carbonyl (C=O) groups excluding carboxylic acids is 2. The predicted molar refractivity (Wildman–Crippen MR) is 293 cm³/mol. The number of alkyl halides is 2. The molecule has 8 aromatic rings. The number of aryl methyl sites for hydroxylation is 2. The minimum Gasteiger partial charge on any atom is -0.478 e. The average Bonchev–Trinajstić information content (AvgIpc) is 3.95. The Hall–Kier alpha value is -7.94. The van der Waals surface area contributed by atoms with Crippen LogP contribution in [-0.2, 0) is 14.1 Å². The van der Waals surface area contributed by atoms with Crippen molar-refractivity contribution in [1.82, 2.24) is 29.7 Å². The zero-order chi connectivity index (χ0) is 52.7. The summed E-state index contributed by atoms with van der Waals surface area (Å²) in [5, 5.41) is 41.4. The maximum absolute atomic E-state index is 13.6. The number of para-hydroxylation sites is 4. The molecule has 16 heteroatoms. The van der Waals surface area contributed by atoms with Crippen LogP contribution in [0.25, 0.3) is 44.3 Å². The first-order valence-corrected chi connectivity index (χ1v) is 25.4. The number of aromatic carboxylic acids is 2. The summed E-state index contributed by atoms with van der Waals surface area (Å²) in [5.74, 6) is -1.46. The fraction of sp³-hybridized carbons (Fsp3) is 0.241. The number of halogens is 2. The number of fused-ring (bicyclic) bond motifs is 2. The van der Waals surface area contributed by atoms with Gasteiger partial charge in [-0.2, -0.15) is 0 Å². The van der Waals surface area contributed by atoms with Crippen LogP contribution in [0.15, 0.2) is 146 Å². The van der Waals surface area contributed by atoms with Gasteiger partial charge in [-0.3, -0.25) is 9.59 Å². The van der Waals surface area contributed by atoms with Crippen LogP contribution in [0.5, 0.6) is 0 Å². The van der Waals surface area contributed by atoms with Crippen LogP contribution in [0.4, 0.5) is 0 Å². The van der Waals surface area contributed by atoms with Gasteiger partial charge in [-0.05, 0) is 109 Å². The normalized spacial score (nSPS) is 11.8. The van der Waals surface area contributed by atoms with E-state index in [1.165, 1.54) is 12.1 Å². The zero-order valence-corrected chi connectivity index (χ0v) is 42.7. The molecular formula is C58H58Cl2N8O6. The number of hydrogen-bond donors (Lipinski definition) is 6. The van der Waals surface area contributed by atoms with Gasteiger partial charge in [-0.25, -0.2) is 19.6 Å². The molecule has 2 heterocycles. The highest BCUT2D eigenvalue weighted by molar-refractivity contribution is 6.28. The molecule has 0 aliphatic rings. The number of carbonyl (C=O) groups is 4. The van der Waals surface area contributed by atoms with Crippen molar-refractivity contribution in [3.8, 4) is 22.3 Å². The Labute approximate surface area is 439 Å². The lowest BCUT2D eigenvalue weighted by atomic mass is 9.98. The summed E-state index contributed by atoms with van der Waals surface area (Å²) < 4.78 is 3.91. The van der Waals surface area contributed by atoms with Gasteiger partial charge in [0.05, 0.1) is 68.2 Å². The first-order valence-electron chi connectivity index (χ1n) is 24.3. The first-order chi connectivity index (χ1) is 35.8. The lowest BCUT2D eigenvalue weighted by Gasteiger charge is -2.20. The SMILES string of the molecule is Cn1c([C@H](CCCCC(=N)CCl)NC(=O)c2cc(-c3ccccc3)ccc2C(=O)O)nc2ccccc21.Cn1c([C@H](CCCCC(=N)CCl)NC(=O)c2ccc(-c3ccccc3)cc2C(=O)O)nc2ccccc21. The zero-order valence-electron chi connectivity index (χ0n) is 41.2. The van der Waals surface area contributed by atoms with Crippen molar-refractivity contribution in [3.05, 3.63) is 179 Å². The van der Waals surface area contributed by atoms with Crippen molar-refractivity contribution in [1.29, 1.82) is 10.8 Å². The third-order valence-corrected chi connectivity index (χ3v) is 13.5. The molecule has 14 nitrogen and oxygen atoms in total. The van der Waals surface area contributed by atoms with Crippen molar-refractivity contribution in [2.75, 3.05) is 11.8 Å². The number of nitrogens with one attached hydrogen (secondary N) is 4. The molecule has 2 amide bonds. The van der Waals surface area contributed by atoms with Crippen LogP contribution in [0, 0.1) is 10.8 Å². The second-order valence-corrected chi connectivity index (χ2v) is 18.5. The number of carboxylic acids is 2. The Balaban J connectivity index is 0.000000216. The van der Waals surface area contributed by atoms with E-state index in [9.17, 15) is 29.4 Å². The van der Waals surface area contributed by atoms with Gasteiger partial charge in [-0.1, -0.05) is 110 Å². The fourth-order valence-electron chi connectivity index (χ4n) is 8.92. The van der Waals surface area contributed by atoms with Gasteiger partial charge in [0.1, 0.15) is 11.6 Å². The van der Waals surface area contributed by atoms with Gasteiger partial charge in [-0.15, -0.1) is 23.2 Å². The second kappa shape index (κ2) is 25.6. The Morgan fingerprint density at radius 3 is 1.31 bits per heavy atom. The van der Waals surface area contributed by atoms with Crippen molar-refractivity contribution in [2.45, 2.75) is 63.5 Å². The third-order valence-electron chi connectivity index (χ3n) is 12.8. The maximum Gasteiger partial charge on any atom is 0.336 e. The Morgan fingerprint density at radius 2 is 0.892 bits per heavy atom.